The van der Waals surface area contributed by atoms with Gasteiger partial charge in [-0.1, -0.05) is 12.1 Å². The van der Waals surface area contributed by atoms with E-state index in [0.29, 0.717) is 13.1 Å². The van der Waals surface area contributed by atoms with Gasteiger partial charge in [0.1, 0.15) is 5.75 Å². The number of para-hydroxylation sites is 2. The monoisotopic (exact) mass is 336 g/mol. The van der Waals surface area contributed by atoms with Gasteiger partial charge in [0.15, 0.2) is 0 Å². The van der Waals surface area contributed by atoms with Crippen molar-refractivity contribution in [3.8, 4) is 5.75 Å². The van der Waals surface area contributed by atoms with E-state index in [1.807, 2.05) is 10.8 Å². The largest absolute Gasteiger partial charge is 0.433 e. The molecule has 1 saturated heterocycles. The summed E-state index contributed by atoms with van der Waals surface area (Å²) in [7, 11) is 0. The highest BCUT2D eigenvalue weighted by Gasteiger charge is 2.29. The van der Waals surface area contributed by atoms with Crippen molar-refractivity contribution in [3.05, 3.63) is 43.0 Å². The molecule has 0 aliphatic carbocycles. The third kappa shape index (κ3) is 3.81. The Kier molecular flexibility index (Phi) is 4.93. The Morgan fingerprint density at radius 2 is 2.25 bits per heavy atom. The minimum absolute atomic E-state index is 0.0439. The number of carbonyl (C=O) groups excluding carboxylic acids is 1. The number of carbonyl (C=O) groups is 1. The fraction of sp³-hybridized carbons (Fsp3) is 0.375. The second kappa shape index (κ2) is 7.29. The van der Waals surface area contributed by atoms with E-state index in [2.05, 4.69) is 15.0 Å². The lowest BCUT2D eigenvalue weighted by Gasteiger charge is -2.25. The molecule has 0 bridgehead atoms. The molecular weight excluding hydrogens is 318 g/mol. The van der Waals surface area contributed by atoms with Crippen LogP contribution in [0.4, 0.5) is 19.3 Å². The third-order valence-corrected chi connectivity index (χ3v) is 3.96. The molecule has 1 aromatic carbocycles. The molecule has 2 heterocycles. The van der Waals surface area contributed by atoms with E-state index < -0.39 is 6.61 Å². The number of alkyl halides is 2. The van der Waals surface area contributed by atoms with E-state index in [1.165, 1.54) is 12.1 Å². The molecule has 1 unspecified atom stereocenters. The van der Waals surface area contributed by atoms with Crippen molar-refractivity contribution in [2.24, 2.45) is 0 Å². The molecule has 1 atom stereocenters. The van der Waals surface area contributed by atoms with Gasteiger partial charge in [-0.25, -0.2) is 9.78 Å². The highest BCUT2D eigenvalue weighted by molar-refractivity contribution is 5.91. The molecule has 3 rings (SSSR count). The number of urea groups is 1. The summed E-state index contributed by atoms with van der Waals surface area (Å²) in [6, 6.07) is 5.89. The van der Waals surface area contributed by atoms with Gasteiger partial charge in [-0.3, -0.25) is 0 Å². The number of hydrogen-bond acceptors (Lipinski definition) is 3. The fourth-order valence-electron chi connectivity index (χ4n) is 2.89. The molecule has 128 valence electrons. The quantitative estimate of drug-likeness (QED) is 0.912. The zero-order chi connectivity index (χ0) is 16.9. The van der Waals surface area contributed by atoms with Crippen LogP contribution in [0.3, 0.4) is 0 Å². The predicted molar refractivity (Wildman–Crippen MR) is 84.0 cm³/mol. The summed E-state index contributed by atoms with van der Waals surface area (Å²) in [6.07, 6.45) is 7.04. The number of amides is 2. The number of anilines is 1. The number of ether oxygens (including phenoxy) is 1. The van der Waals surface area contributed by atoms with E-state index in [4.69, 9.17) is 0 Å². The maximum atomic E-state index is 12.5. The molecule has 1 aliphatic heterocycles. The Hall–Kier alpha value is -2.64. The van der Waals surface area contributed by atoms with Gasteiger partial charge in [-0.15, -0.1) is 0 Å². The number of benzene rings is 1. The summed E-state index contributed by atoms with van der Waals surface area (Å²) in [5, 5.41) is 2.67. The minimum Gasteiger partial charge on any atom is -0.433 e. The van der Waals surface area contributed by atoms with Gasteiger partial charge in [-0.05, 0) is 25.0 Å². The maximum absolute atomic E-state index is 12.5. The second-order valence-electron chi connectivity index (χ2n) is 5.55. The van der Waals surface area contributed by atoms with Crippen LogP contribution in [0.2, 0.25) is 0 Å². The first-order chi connectivity index (χ1) is 11.6. The summed E-state index contributed by atoms with van der Waals surface area (Å²) in [5.41, 5.74) is 0.232. The van der Waals surface area contributed by atoms with Crippen LogP contribution in [-0.4, -0.2) is 39.7 Å². The first-order valence-corrected chi connectivity index (χ1v) is 7.70. The van der Waals surface area contributed by atoms with Gasteiger partial charge in [0, 0.05) is 25.5 Å². The normalized spacial score (nSPS) is 17.3. The van der Waals surface area contributed by atoms with Gasteiger partial charge in [-0.2, -0.15) is 8.78 Å². The van der Waals surface area contributed by atoms with E-state index in [0.717, 1.165) is 12.8 Å². The highest BCUT2D eigenvalue weighted by atomic mass is 19.3. The number of aromatic nitrogens is 2. The number of nitrogens with zero attached hydrogens (tertiary/aromatic N) is 3. The summed E-state index contributed by atoms with van der Waals surface area (Å²) in [5.74, 6) is -0.0498. The topological polar surface area (TPSA) is 59.4 Å². The standard InChI is InChI=1S/C16H18F2N4O2/c17-15(18)24-14-6-2-1-5-13(14)20-16(23)22-8-3-4-12(22)10-21-9-7-19-11-21/h1-2,5-7,9,11-12,15H,3-4,8,10H2,(H,20,23). The summed E-state index contributed by atoms with van der Waals surface area (Å²) in [6.45, 7) is -1.66. The Morgan fingerprint density at radius 1 is 1.42 bits per heavy atom. The number of hydrogen-bond donors (Lipinski definition) is 1. The molecule has 6 nitrogen and oxygen atoms in total. The number of halogens is 2. The molecule has 8 heteroatoms. The van der Waals surface area contributed by atoms with Crippen molar-refractivity contribution in [1.82, 2.24) is 14.5 Å². The first-order valence-electron chi connectivity index (χ1n) is 7.70. The number of nitrogens with one attached hydrogen (secondary N) is 1. The van der Waals surface area contributed by atoms with Crippen LogP contribution in [0.25, 0.3) is 0 Å². The lowest BCUT2D eigenvalue weighted by atomic mass is 10.2. The molecule has 1 N–H and O–H groups in total. The zero-order valence-corrected chi connectivity index (χ0v) is 12.9. The third-order valence-electron chi connectivity index (χ3n) is 3.96. The molecule has 0 saturated carbocycles. The lowest BCUT2D eigenvalue weighted by Crippen LogP contribution is -2.40. The zero-order valence-electron chi connectivity index (χ0n) is 12.9. The summed E-state index contributed by atoms with van der Waals surface area (Å²) >= 11 is 0. The first kappa shape index (κ1) is 16.2. The SMILES string of the molecule is O=C(Nc1ccccc1OC(F)F)N1CCCC1Cn1ccnc1. The van der Waals surface area contributed by atoms with Gasteiger partial charge in [0.25, 0.3) is 0 Å². The van der Waals surface area contributed by atoms with E-state index >= 15 is 0 Å². The molecule has 1 fully saturated rings. The average Bonchev–Trinajstić information content (AvgIpc) is 3.21. The number of imidazole rings is 1. The molecule has 1 aromatic heterocycles. The Balaban J connectivity index is 1.68. The van der Waals surface area contributed by atoms with Gasteiger partial charge in [0.2, 0.25) is 0 Å². The van der Waals surface area contributed by atoms with Gasteiger partial charge < -0.3 is 19.5 Å². The average molecular weight is 336 g/mol. The van der Waals surface area contributed by atoms with Gasteiger partial charge >= 0.3 is 12.6 Å². The fourth-order valence-corrected chi connectivity index (χ4v) is 2.89. The number of likely N-dealkylation sites (tertiary alicyclic amines) is 1. The van der Waals surface area contributed by atoms with E-state index in [1.54, 1.807) is 29.6 Å². The predicted octanol–water partition coefficient (Wildman–Crippen LogP) is 3.18. The van der Waals surface area contributed by atoms with Gasteiger partial charge in [0.05, 0.1) is 18.1 Å². The van der Waals surface area contributed by atoms with Crippen LogP contribution in [0.15, 0.2) is 43.0 Å². The van der Waals surface area contributed by atoms with Crippen molar-refractivity contribution in [2.75, 3.05) is 11.9 Å². The molecular formula is C16H18F2N4O2. The summed E-state index contributed by atoms with van der Waals surface area (Å²) in [4.78, 5) is 18.3. The smallest absolute Gasteiger partial charge is 0.387 e. The molecule has 0 spiro atoms. The summed E-state index contributed by atoms with van der Waals surface area (Å²) < 4.78 is 31.3. The molecule has 2 amide bonds. The second-order valence-corrected chi connectivity index (χ2v) is 5.55. The Labute approximate surface area is 138 Å². The minimum atomic E-state index is -2.94. The van der Waals surface area contributed by atoms with Crippen molar-refractivity contribution < 1.29 is 18.3 Å². The van der Waals surface area contributed by atoms with E-state index in [-0.39, 0.29) is 23.5 Å². The van der Waals surface area contributed by atoms with Crippen LogP contribution < -0.4 is 10.1 Å². The van der Waals surface area contributed by atoms with Crippen molar-refractivity contribution in [2.45, 2.75) is 32.0 Å². The van der Waals surface area contributed by atoms with Crippen molar-refractivity contribution in [1.29, 1.82) is 0 Å². The molecule has 24 heavy (non-hydrogen) atoms. The molecule has 1 aliphatic rings. The van der Waals surface area contributed by atoms with Crippen LogP contribution >= 0.6 is 0 Å². The van der Waals surface area contributed by atoms with Crippen LogP contribution in [-0.2, 0) is 6.54 Å². The Morgan fingerprint density at radius 3 is 3.00 bits per heavy atom. The van der Waals surface area contributed by atoms with Crippen molar-refractivity contribution in [3.63, 3.8) is 0 Å². The highest BCUT2D eigenvalue weighted by Crippen LogP contribution is 2.27. The molecule has 0 radical (unpaired) electrons. The number of rotatable bonds is 5. The van der Waals surface area contributed by atoms with E-state index in [9.17, 15) is 13.6 Å². The lowest BCUT2D eigenvalue weighted by molar-refractivity contribution is -0.0493. The van der Waals surface area contributed by atoms with Crippen LogP contribution in [0.5, 0.6) is 5.75 Å². The van der Waals surface area contributed by atoms with Crippen molar-refractivity contribution >= 4 is 11.7 Å². The van der Waals surface area contributed by atoms with Crippen LogP contribution in [0, 0.1) is 0 Å². The maximum Gasteiger partial charge on any atom is 0.387 e. The molecule has 2 aromatic rings. The Bertz CT molecular complexity index is 678. The van der Waals surface area contributed by atoms with Crippen LogP contribution in [0.1, 0.15) is 12.8 Å².